The van der Waals surface area contributed by atoms with E-state index in [1.54, 1.807) is 11.8 Å². The predicted molar refractivity (Wildman–Crippen MR) is 142 cm³/mol. The number of fused-ring (bicyclic) bond motifs is 2. The van der Waals surface area contributed by atoms with Crippen LogP contribution < -0.4 is 10.6 Å². The lowest BCUT2D eigenvalue weighted by Crippen LogP contribution is -2.47. The summed E-state index contributed by atoms with van der Waals surface area (Å²) in [4.78, 5) is 36.4. The zero-order chi connectivity index (χ0) is 30.0. The quantitative estimate of drug-likeness (QED) is 0.335. The Hall–Kier alpha value is -2.87. The first-order valence-electron chi connectivity index (χ1n) is 13.1. The van der Waals surface area contributed by atoms with Gasteiger partial charge in [0.1, 0.15) is 18.1 Å². The molecule has 2 fully saturated rings. The number of carbonyl (C=O) groups is 2. The highest BCUT2D eigenvalue weighted by atomic mass is 32.1. The van der Waals surface area contributed by atoms with Gasteiger partial charge in [0.15, 0.2) is 5.01 Å². The number of alkyl halides is 5. The summed E-state index contributed by atoms with van der Waals surface area (Å²) in [7, 11) is 0. The number of anilines is 1. The number of pyridine rings is 1. The lowest BCUT2D eigenvalue weighted by atomic mass is 10.0. The van der Waals surface area contributed by atoms with Gasteiger partial charge in [-0.25, -0.2) is 18.7 Å². The molecule has 0 saturated carbocycles. The topological polar surface area (TPSA) is 107 Å². The zero-order valence-electron chi connectivity index (χ0n) is 22.9. The molecule has 0 spiro atoms. The second-order valence-electron chi connectivity index (χ2n) is 10.1. The molecule has 0 aliphatic carbocycles. The number of hydrogen-bond donors (Lipinski definition) is 3. The Morgan fingerprint density at radius 1 is 1.15 bits per heavy atom. The number of thiazole rings is 1. The van der Waals surface area contributed by atoms with Crippen molar-refractivity contribution in [2.75, 3.05) is 11.9 Å². The van der Waals surface area contributed by atoms with Crippen molar-refractivity contribution in [2.24, 2.45) is 0 Å². The van der Waals surface area contributed by atoms with Crippen molar-refractivity contribution in [3.05, 3.63) is 28.5 Å². The third-order valence-electron chi connectivity index (χ3n) is 7.00. The smallest absolute Gasteiger partial charge is 0.388 e. The predicted octanol–water partition coefficient (Wildman–Crippen LogP) is 5.80. The van der Waals surface area contributed by atoms with Crippen LogP contribution >= 0.6 is 11.3 Å². The molecule has 3 N–H and O–H groups in total. The third-order valence-corrected chi connectivity index (χ3v) is 8.09. The molecule has 1 unspecified atom stereocenters. The molecule has 40 heavy (non-hydrogen) atoms. The second-order valence-corrected chi connectivity index (χ2v) is 11.1. The van der Waals surface area contributed by atoms with Crippen LogP contribution in [0.5, 0.6) is 0 Å². The van der Waals surface area contributed by atoms with E-state index in [0.29, 0.717) is 11.3 Å². The van der Waals surface area contributed by atoms with Crippen molar-refractivity contribution in [1.82, 2.24) is 20.2 Å². The summed E-state index contributed by atoms with van der Waals surface area (Å²) >= 11 is 0.712. The molecule has 4 heterocycles. The number of hydrogen-bond acceptors (Lipinski definition) is 7. The summed E-state index contributed by atoms with van der Waals surface area (Å²) in [5.41, 5.74) is -2.30. The Morgan fingerprint density at radius 2 is 1.73 bits per heavy atom. The minimum atomic E-state index is -4.58. The molecule has 2 bridgehead atoms. The maximum absolute atomic E-state index is 14.1. The standard InChI is InChI=1S/C24H28F5N5O3S.C2H6/c1-11(23(2,3)37)32-20(35)21-33-17(22(36)34-12-4-5-13(34)7-6-12)18(38-21)15-9-30-16(8-14(15)19(25)26)31-10-24(27,28)29;1-2/h8-9,11-13,19,37H,4-7,10H2,1-3H3,(H,30,31)(H,32,35);1-2H3. The Bertz CT molecular complexity index is 1190. The van der Waals surface area contributed by atoms with Crippen LogP contribution in [0.1, 0.15) is 92.6 Å². The zero-order valence-corrected chi connectivity index (χ0v) is 23.7. The number of amides is 2. The van der Waals surface area contributed by atoms with Crippen LogP contribution in [0.2, 0.25) is 0 Å². The molecule has 14 heteroatoms. The van der Waals surface area contributed by atoms with Crippen LogP contribution in [0, 0.1) is 0 Å². The average molecular weight is 592 g/mol. The number of nitrogens with one attached hydrogen (secondary N) is 2. The SMILES string of the molecule is CC.CC(NC(=O)c1nc(C(=O)N2C3CCC2CC3)c(-c2cnc(NCC(F)(F)F)cc2C(F)F)s1)C(C)(C)O. The maximum Gasteiger partial charge on any atom is 0.405 e. The highest BCUT2D eigenvalue weighted by Gasteiger charge is 2.44. The fraction of sp³-hybridized carbons (Fsp3) is 0.615. The molecule has 4 rings (SSSR count). The number of aliphatic hydroxyl groups is 1. The van der Waals surface area contributed by atoms with Gasteiger partial charge in [0.2, 0.25) is 0 Å². The van der Waals surface area contributed by atoms with E-state index in [1.165, 1.54) is 13.8 Å². The monoisotopic (exact) mass is 591 g/mol. The Balaban J connectivity index is 0.00000216. The van der Waals surface area contributed by atoms with Crippen LogP contribution in [0.15, 0.2) is 12.3 Å². The van der Waals surface area contributed by atoms with E-state index in [-0.39, 0.29) is 33.2 Å². The van der Waals surface area contributed by atoms with E-state index in [9.17, 15) is 36.6 Å². The highest BCUT2D eigenvalue weighted by molar-refractivity contribution is 7.17. The van der Waals surface area contributed by atoms with Crippen LogP contribution in [-0.2, 0) is 0 Å². The first-order chi connectivity index (χ1) is 18.7. The van der Waals surface area contributed by atoms with Gasteiger partial charge in [-0.1, -0.05) is 13.8 Å². The molecular formula is C26H34F5N5O3S. The van der Waals surface area contributed by atoms with Gasteiger partial charge in [0.05, 0.1) is 16.5 Å². The van der Waals surface area contributed by atoms with E-state index in [0.717, 1.165) is 37.9 Å². The highest BCUT2D eigenvalue weighted by Crippen LogP contribution is 2.42. The summed E-state index contributed by atoms with van der Waals surface area (Å²) in [5.74, 6) is -1.60. The third kappa shape index (κ3) is 7.06. The van der Waals surface area contributed by atoms with Crippen molar-refractivity contribution in [1.29, 1.82) is 0 Å². The van der Waals surface area contributed by atoms with Crippen molar-refractivity contribution >= 4 is 29.0 Å². The van der Waals surface area contributed by atoms with E-state index in [2.05, 4.69) is 15.3 Å². The van der Waals surface area contributed by atoms with Crippen molar-refractivity contribution < 1.29 is 36.6 Å². The Kier molecular flexibility index (Phi) is 9.76. The first-order valence-corrected chi connectivity index (χ1v) is 13.9. The summed E-state index contributed by atoms with van der Waals surface area (Å²) in [6.07, 6.45) is -3.47. The molecule has 2 aromatic heterocycles. The van der Waals surface area contributed by atoms with Crippen molar-refractivity contribution in [2.45, 2.75) is 96.6 Å². The molecule has 2 aliphatic heterocycles. The van der Waals surface area contributed by atoms with E-state index in [1.807, 2.05) is 19.2 Å². The molecule has 1 atom stereocenters. The molecule has 222 valence electrons. The van der Waals surface area contributed by atoms with Crippen LogP contribution in [0.4, 0.5) is 27.8 Å². The molecule has 2 aromatic rings. The first kappa shape index (κ1) is 31.7. The van der Waals surface area contributed by atoms with Crippen molar-refractivity contribution in [3.63, 3.8) is 0 Å². The van der Waals surface area contributed by atoms with Gasteiger partial charge in [-0.05, 0) is 52.5 Å². The fourth-order valence-electron chi connectivity index (χ4n) is 4.68. The number of halogens is 5. The van der Waals surface area contributed by atoms with Gasteiger partial charge >= 0.3 is 6.18 Å². The van der Waals surface area contributed by atoms with Crippen LogP contribution in [-0.4, -0.2) is 68.2 Å². The van der Waals surface area contributed by atoms with Gasteiger partial charge < -0.3 is 20.6 Å². The summed E-state index contributed by atoms with van der Waals surface area (Å²) in [6.45, 7) is 7.11. The van der Waals surface area contributed by atoms with Crippen LogP contribution in [0.25, 0.3) is 10.4 Å². The van der Waals surface area contributed by atoms with Gasteiger partial charge in [-0.2, -0.15) is 13.2 Å². The molecular weight excluding hydrogens is 557 g/mol. The number of nitrogens with zero attached hydrogens (tertiary/aromatic N) is 3. The lowest BCUT2D eigenvalue weighted by Gasteiger charge is -2.26. The molecule has 2 aliphatic rings. The lowest BCUT2D eigenvalue weighted by molar-refractivity contribution is -0.115. The Morgan fingerprint density at radius 3 is 2.23 bits per heavy atom. The number of carbonyl (C=O) groups excluding carboxylic acids is 2. The summed E-state index contributed by atoms with van der Waals surface area (Å²) in [5, 5.41) is 14.6. The normalized spacial score (nSPS) is 19.4. The molecule has 8 nitrogen and oxygen atoms in total. The second kappa shape index (κ2) is 12.3. The minimum absolute atomic E-state index is 0.00354. The van der Waals surface area contributed by atoms with E-state index in [4.69, 9.17) is 0 Å². The van der Waals surface area contributed by atoms with Gasteiger partial charge in [-0.3, -0.25) is 9.59 Å². The number of rotatable bonds is 8. The minimum Gasteiger partial charge on any atom is -0.388 e. The average Bonchev–Trinajstić information content (AvgIpc) is 3.62. The fourth-order valence-corrected chi connectivity index (χ4v) is 5.67. The Labute approximate surface area is 233 Å². The van der Waals surface area contributed by atoms with Crippen molar-refractivity contribution in [3.8, 4) is 10.4 Å². The van der Waals surface area contributed by atoms with E-state index < -0.39 is 54.0 Å². The maximum atomic E-state index is 14.1. The van der Waals surface area contributed by atoms with Gasteiger partial charge in [0.25, 0.3) is 18.2 Å². The van der Waals surface area contributed by atoms with Crippen LogP contribution in [0.3, 0.4) is 0 Å². The molecule has 2 saturated heterocycles. The summed E-state index contributed by atoms with van der Waals surface area (Å²) < 4.78 is 66.0. The summed E-state index contributed by atoms with van der Waals surface area (Å²) in [6, 6.07) is 0.0931. The van der Waals surface area contributed by atoms with Gasteiger partial charge in [-0.15, -0.1) is 11.3 Å². The molecule has 2 amide bonds. The van der Waals surface area contributed by atoms with E-state index >= 15 is 0 Å². The largest absolute Gasteiger partial charge is 0.405 e. The molecule has 0 aromatic carbocycles. The van der Waals surface area contributed by atoms with Gasteiger partial charge in [0, 0.05) is 29.4 Å². The molecule has 0 radical (unpaired) electrons. The number of aromatic nitrogens is 2.